The van der Waals surface area contributed by atoms with Gasteiger partial charge in [0.2, 0.25) is 10.0 Å². The number of sulfonamides is 1. The molecule has 0 heterocycles. The van der Waals surface area contributed by atoms with Gasteiger partial charge in [0.1, 0.15) is 11.6 Å². The summed E-state index contributed by atoms with van der Waals surface area (Å²) >= 11 is 0. The molecule has 12 heteroatoms. The van der Waals surface area contributed by atoms with Crippen LogP contribution in [0.4, 0.5) is 8.78 Å². The fourth-order valence-electron chi connectivity index (χ4n) is 4.26. The Labute approximate surface area is 246 Å². The monoisotopic (exact) mass is 610 g/mol. The van der Waals surface area contributed by atoms with E-state index in [0.717, 1.165) is 35.7 Å². The van der Waals surface area contributed by atoms with Crippen molar-refractivity contribution in [2.24, 2.45) is 5.73 Å². The maximum absolute atomic E-state index is 13.7. The van der Waals surface area contributed by atoms with Gasteiger partial charge in [-0.15, -0.1) is 12.4 Å². The normalized spacial score (nSPS) is 12.8. The highest BCUT2D eigenvalue weighted by Gasteiger charge is 2.25. The van der Waals surface area contributed by atoms with E-state index >= 15 is 0 Å². The number of nitrogens with one attached hydrogen (secondary N) is 2. The number of aliphatic hydroxyl groups excluding tert-OH is 1. The molecule has 0 fully saturated rings. The summed E-state index contributed by atoms with van der Waals surface area (Å²) in [5.74, 6) is -2.00. The van der Waals surface area contributed by atoms with Crippen molar-refractivity contribution < 1.29 is 27.1 Å². The minimum atomic E-state index is -3.85. The zero-order chi connectivity index (χ0) is 29.3. The Kier molecular flexibility index (Phi) is 13.3. The van der Waals surface area contributed by atoms with E-state index in [1.54, 1.807) is 7.05 Å². The van der Waals surface area contributed by atoms with Crippen LogP contribution in [0.25, 0.3) is 0 Å². The largest absolute Gasteiger partial charge is 0.390 e. The van der Waals surface area contributed by atoms with Gasteiger partial charge in [0.15, 0.2) is 0 Å². The second kappa shape index (κ2) is 15.9. The number of rotatable bonds is 14. The lowest BCUT2D eigenvalue weighted by atomic mass is 10.0. The van der Waals surface area contributed by atoms with E-state index in [4.69, 9.17) is 5.73 Å². The number of aryl methyl sites for hydroxylation is 1. The summed E-state index contributed by atoms with van der Waals surface area (Å²) in [6, 6.07) is 15.4. The Hall–Kier alpha value is -2.93. The molecule has 0 unspecified atom stereocenters. The van der Waals surface area contributed by atoms with Crippen LogP contribution >= 0.6 is 12.4 Å². The predicted octanol–water partition coefficient (Wildman–Crippen LogP) is 3.02. The Morgan fingerprint density at radius 3 is 2.29 bits per heavy atom. The average Bonchev–Trinajstić information content (AvgIpc) is 2.92. The second-order valence-corrected chi connectivity index (χ2v) is 11.4. The van der Waals surface area contributed by atoms with Gasteiger partial charge in [0.25, 0.3) is 5.91 Å². The van der Waals surface area contributed by atoms with Gasteiger partial charge in [0.05, 0.1) is 11.0 Å². The van der Waals surface area contributed by atoms with Gasteiger partial charge in [0, 0.05) is 43.9 Å². The molecule has 5 N–H and O–H groups in total. The first-order valence-corrected chi connectivity index (χ1v) is 14.5. The third-order valence-corrected chi connectivity index (χ3v) is 7.87. The van der Waals surface area contributed by atoms with Crippen molar-refractivity contribution in [3.63, 3.8) is 0 Å². The van der Waals surface area contributed by atoms with Gasteiger partial charge in [-0.3, -0.25) is 4.79 Å². The number of halogens is 3. The smallest absolute Gasteiger partial charge is 0.254 e. The number of amides is 1. The summed E-state index contributed by atoms with van der Waals surface area (Å²) in [5, 5.41) is 13.8. The van der Waals surface area contributed by atoms with Gasteiger partial charge in [-0.1, -0.05) is 37.3 Å². The molecular weight excluding hydrogens is 574 g/mol. The quantitative estimate of drug-likeness (QED) is 0.208. The maximum atomic E-state index is 13.7. The molecule has 0 aliphatic carbocycles. The molecule has 0 saturated heterocycles. The number of nitrogens with two attached hydrogens (primary N) is 1. The molecule has 3 aromatic carbocycles. The molecule has 41 heavy (non-hydrogen) atoms. The van der Waals surface area contributed by atoms with E-state index in [2.05, 4.69) is 10.0 Å². The van der Waals surface area contributed by atoms with Crippen LogP contribution in [0.1, 0.15) is 34.0 Å². The van der Waals surface area contributed by atoms with Crippen molar-refractivity contribution in [3.05, 3.63) is 101 Å². The van der Waals surface area contributed by atoms with Crippen molar-refractivity contribution in [1.82, 2.24) is 14.9 Å². The summed E-state index contributed by atoms with van der Waals surface area (Å²) in [6.07, 6.45) is -0.463. The molecule has 0 radical (unpaired) electrons. The first-order valence-electron chi connectivity index (χ1n) is 13.0. The molecule has 3 rings (SSSR count). The van der Waals surface area contributed by atoms with E-state index in [0.29, 0.717) is 6.54 Å². The highest BCUT2D eigenvalue weighted by Crippen LogP contribution is 2.18. The number of hydrogen-bond donors (Lipinski definition) is 4. The third-order valence-electron chi connectivity index (χ3n) is 6.41. The van der Waals surface area contributed by atoms with Gasteiger partial charge in [-0.2, -0.15) is 0 Å². The number of carbonyl (C=O) groups is 1. The minimum absolute atomic E-state index is 0. The van der Waals surface area contributed by atoms with E-state index in [1.165, 1.54) is 29.2 Å². The van der Waals surface area contributed by atoms with Gasteiger partial charge in [-0.05, 0) is 66.9 Å². The Morgan fingerprint density at radius 1 is 0.976 bits per heavy atom. The van der Waals surface area contributed by atoms with Crippen LogP contribution in [0.5, 0.6) is 0 Å². The molecule has 0 aliphatic rings. The fourth-order valence-corrected chi connectivity index (χ4v) is 5.34. The van der Waals surface area contributed by atoms with E-state index in [9.17, 15) is 27.1 Å². The van der Waals surface area contributed by atoms with Crippen molar-refractivity contribution in [3.8, 4) is 0 Å². The fraction of sp³-hybridized carbons (Fsp3) is 0.345. The van der Waals surface area contributed by atoms with Crippen LogP contribution in [0.2, 0.25) is 0 Å². The van der Waals surface area contributed by atoms with E-state index < -0.39 is 39.7 Å². The zero-order valence-electron chi connectivity index (χ0n) is 23.0. The molecule has 0 spiro atoms. The van der Waals surface area contributed by atoms with Crippen molar-refractivity contribution in [2.45, 2.75) is 43.4 Å². The zero-order valence-corrected chi connectivity index (χ0v) is 24.7. The molecule has 0 saturated carbocycles. The molecule has 3 aromatic rings. The maximum Gasteiger partial charge on any atom is 0.254 e. The molecule has 224 valence electrons. The number of likely N-dealkylation sites (N-methyl/N-ethyl adjacent to an activating group) is 1. The predicted molar refractivity (Wildman–Crippen MR) is 157 cm³/mol. The third kappa shape index (κ3) is 10.1. The molecule has 0 aromatic heterocycles. The SMILES string of the molecule is CCc1cccc(CN(C[C@@H](O)[C@@H](N)Cc2cc(F)cc(F)c2)C(=O)c2cccc(S(=O)(=O)NCCNC)c2)c1.Cl. The molecule has 1 amide bonds. The second-order valence-electron chi connectivity index (χ2n) is 9.60. The van der Waals surface area contributed by atoms with Crippen molar-refractivity contribution >= 4 is 28.3 Å². The van der Waals surface area contributed by atoms with E-state index in [-0.39, 0.29) is 54.5 Å². The van der Waals surface area contributed by atoms with Crippen LogP contribution in [0.3, 0.4) is 0 Å². The van der Waals surface area contributed by atoms with E-state index in [1.807, 2.05) is 31.2 Å². The number of benzene rings is 3. The standard InChI is InChI=1S/C29H36F2N4O4S.ClH/c1-3-20-6-4-7-21(12-20)18-35(19-28(36)27(32)15-22-13-24(30)17-25(31)14-22)29(37)23-8-5-9-26(16-23)40(38,39)34-11-10-33-2;/h4-9,12-14,16-17,27-28,33-34,36H,3,10-11,15,18-19,32H2,1-2H3;1H/t27-,28+;/m0./s1. The summed E-state index contributed by atoms with van der Waals surface area (Å²) < 4.78 is 55.2. The number of carbonyl (C=O) groups excluding carboxylic acids is 1. The summed E-state index contributed by atoms with van der Waals surface area (Å²) in [4.78, 5) is 15.0. The topological polar surface area (TPSA) is 125 Å². The lowest BCUT2D eigenvalue weighted by Gasteiger charge is -2.29. The minimum Gasteiger partial charge on any atom is -0.390 e. The molecule has 8 nitrogen and oxygen atoms in total. The van der Waals surface area contributed by atoms with Crippen LogP contribution in [-0.4, -0.2) is 63.2 Å². The van der Waals surface area contributed by atoms with Gasteiger partial charge in [-0.25, -0.2) is 21.9 Å². The number of aliphatic hydroxyl groups is 1. The van der Waals surface area contributed by atoms with Gasteiger partial charge < -0.3 is 21.1 Å². The first kappa shape index (κ1) is 34.3. The first-order chi connectivity index (χ1) is 19.0. The summed E-state index contributed by atoms with van der Waals surface area (Å²) in [6.45, 7) is 2.56. The van der Waals surface area contributed by atoms with Crippen LogP contribution in [-0.2, 0) is 29.4 Å². The highest BCUT2D eigenvalue weighted by atomic mass is 35.5. The Morgan fingerprint density at radius 2 is 1.63 bits per heavy atom. The Balaban J connectivity index is 0.00000588. The molecule has 0 bridgehead atoms. The average molecular weight is 611 g/mol. The summed E-state index contributed by atoms with van der Waals surface area (Å²) in [7, 11) is -2.15. The summed E-state index contributed by atoms with van der Waals surface area (Å²) in [5.41, 5.74) is 8.47. The van der Waals surface area contributed by atoms with Crippen LogP contribution in [0, 0.1) is 11.6 Å². The molecule has 0 aliphatic heterocycles. The lowest BCUT2D eigenvalue weighted by Crippen LogP contribution is -2.46. The van der Waals surface area contributed by atoms with Crippen LogP contribution in [0.15, 0.2) is 71.6 Å². The highest BCUT2D eigenvalue weighted by molar-refractivity contribution is 7.89. The van der Waals surface area contributed by atoms with Gasteiger partial charge >= 0.3 is 0 Å². The molecular formula is C29H37ClF2N4O4S. The van der Waals surface area contributed by atoms with Crippen molar-refractivity contribution in [1.29, 1.82) is 0 Å². The Bertz CT molecular complexity index is 1390. The van der Waals surface area contributed by atoms with Crippen LogP contribution < -0.4 is 15.8 Å². The lowest BCUT2D eigenvalue weighted by molar-refractivity contribution is 0.0554. The molecule has 2 atom stereocenters. The van der Waals surface area contributed by atoms with Crippen molar-refractivity contribution in [2.75, 3.05) is 26.7 Å². The number of nitrogens with zero attached hydrogens (tertiary/aromatic N) is 1. The number of hydrogen-bond acceptors (Lipinski definition) is 6.